The van der Waals surface area contributed by atoms with Crippen LogP contribution in [0.2, 0.25) is 0 Å². The maximum Gasteiger partial charge on any atom is 0.172 e. The van der Waals surface area contributed by atoms with Crippen LogP contribution in [0, 0.1) is 11.3 Å². The Morgan fingerprint density at radius 3 is 2.67 bits per heavy atom. The van der Waals surface area contributed by atoms with Crippen molar-refractivity contribution in [3.8, 4) is 6.07 Å². The van der Waals surface area contributed by atoms with E-state index in [4.69, 9.17) is 0 Å². The van der Waals surface area contributed by atoms with Gasteiger partial charge in [0.25, 0.3) is 0 Å². The monoisotopic (exact) mass is 427 g/mol. The molecule has 0 amide bonds. The van der Waals surface area contributed by atoms with E-state index >= 15 is 0 Å². The molecule has 1 heterocycles. The SMILES string of the molecule is N#Cc1c(Nc2ccccc2CI)n[nH]c1/N=C/c1ccccc1. The first-order valence-electron chi connectivity index (χ1n) is 7.30. The largest absolute Gasteiger partial charge is 0.337 e. The Kier molecular flexibility index (Phi) is 5.23. The van der Waals surface area contributed by atoms with Crippen molar-refractivity contribution >= 4 is 46.1 Å². The van der Waals surface area contributed by atoms with Crippen LogP contribution in [0.15, 0.2) is 59.6 Å². The van der Waals surface area contributed by atoms with Gasteiger partial charge in [-0.05, 0) is 17.2 Å². The number of rotatable bonds is 5. The molecule has 0 bridgehead atoms. The number of H-pyrrole nitrogens is 1. The minimum atomic E-state index is 0.394. The van der Waals surface area contributed by atoms with Crippen LogP contribution in [0.5, 0.6) is 0 Å². The first-order valence-corrected chi connectivity index (χ1v) is 8.83. The van der Waals surface area contributed by atoms with Gasteiger partial charge in [0, 0.05) is 16.3 Å². The molecule has 0 saturated heterocycles. The van der Waals surface area contributed by atoms with Crippen LogP contribution in [-0.2, 0) is 4.43 Å². The van der Waals surface area contributed by atoms with E-state index in [1.54, 1.807) is 6.21 Å². The Morgan fingerprint density at radius 1 is 1.17 bits per heavy atom. The van der Waals surface area contributed by atoms with Gasteiger partial charge in [0.1, 0.15) is 11.6 Å². The van der Waals surface area contributed by atoms with Crippen molar-refractivity contribution in [2.45, 2.75) is 4.43 Å². The second kappa shape index (κ2) is 7.75. The molecule has 5 nitrogen and oxygen atoms in total. The van der Waals surface area contributed by atoms with Crippen molar-refractivity contribution in [2.24, 2.45) is 4.99 Å². The minimum Gasteiger partial charge on any atom is -0.337 e. The molecule has 0 aliphatic rings. The van der Waals surface area contributed by atoms with E-state index in [1.807, 2.05) is 54.6 Å². The lowest BCUT2D eigenvalue weighted by molar-refractivity contribution is 1.08. The van der Waals surface area contributed by atoms with Gasteiger partial charge in [0.05, 0.1) is 0 Å². The third-order valence-electron chi connectivity index (χ3n) is 3.42. The molecule has 0 atom stereocenters. The molecule has 0 spiro atoms. The normalized spacial score (nSPS) is 10.7. The summed E-state index contributed by atoms with van der Waals surface area (Å²) in [5.74, 6) is 0.922. The number of anilines is 2. The molecule has 1 aromatic heterocycles. The molecule has 0 aliphatic carbocycles. The lowest BCUT2D eigenvalue weighted by Gasteiger charge is -2.07. The summed E-state index contributed by atoms with van der Waals surface area (Å²) < 4.78 is 0.867. The minimum absolute atomic E-state index is 0.394. The molecule has 6 heteroatoms. The predicted molar refractivity (Wildman–Crippen MR) is 104 cm³/mol. The summed E-state index contributed by atoms with van der Waals surface area (Å²) in [5, 5.41) is 19.7. The van der Waals surface area contributed by atoms with Crippen molar-refractivity contribution in [2.75, 3.05) is 5.32 Å². The van der Waals surface area contributed by atoms with Gasteiger partial charge in [-0.3, -0.25) is 5.10 Å². The van der Waals surface area contributed by atoms with Gasteiger partial charge in [0.15, 0.2) is 11.6 Å². The zero-order valence-electron chi connectivity index (χ0n) is 12.7. The van der Waals surface area contributed by atoms with E-state index in [0.717, 1.165) is 21.2 Å². The van der Waals surface area contributed by atoms with Gasteiger partial charge in [-0.2, -0.15) is 10.4 Å². The molecule has 118 valence electrons. The van der Waals surface area contributed by atoms with E-state index < -0.39 is 0 Å². The van der Waals surface area contributed by atoms with Crippen LogP contribution in [0.3, 0.4) is 0 Å². The maximum absolute atomic E-state index is 9.46. The Morgan fingerprint density at radius 2 is 1.92 bits per heavy atom. The van der Waals surface area contributed by atoms with Crippen LogP contribution in [0.25, 0.3) is 0 Å². The van der Waals surface area contributed by atoms with E-state index in [2.05, 4.69) is 49.2 Å². The third-order valence-corrected chi connectivity index (χ3v) is 4.24. The van der Waals surface area contributed by atoms with Crippen molar-refractivity contribution in [3.63, 3.8) is 0 Å². The zero-order chi connectivity index (χ0) is 16.8. The van der Waals surface area contributed by atoms with Crippen molar-refractivity contribution < 1.29 is 0 Å². The van der Waals surface area contributed by atoms with Gasteiger partial charge in [-0.25, -0.2) is 4.99 Å². The van der Waals surface area contributed by atoms with Crippen molar-refractivity contribution in [1.29, 1.82) is 5.26 Å². The number of aromatic nitrogens is 2. The molecule has 0 saturated carbocycles. The molecular formula is C18H14IN5. The Bertz CT molecular complexity index is 893. The van der Waals surface area contributed by atoms with Crippen LogP contribution in [-0.4, -0.2) is 16.4 Å². The summed E-state index contributed by atoms with van der Waals surface area (Å²) in [7, 11) is 0. The van der Waals surface area contributed by atoms with Crippen LogP contribution >= 0.6 is 22.6 Å². The molecule has 3 aromatic rings. The topological polar surface area (TPSA) is 76.9 Å². The second-order valence-electron chi connectivity index (χ2n) is 4.99. The average molecular weight is 427 g/mol. The highest BCUT2D eigenvalue weighted by Gasteiger charge is 2.13. The lowest BCUT2D eigenvalue weighted by Crippen LogP contribution is -1.96. The number of aliphatic imine (C=N–C) groups is 1. The van der Waals surface area contributed by atoms with Gasteiger partial charge < -0.3 is 5.32 Å². The smallest absolute Gasteiger partial charge is 0.172 e. The third kappa shape index (κ3) is 3.63. The fourth-order valence-electron chi connectivity index (χ4n) is 2.19. The number of para-hydroxylation sites is 1. The van der Waals surface area contributed by atoms with Crippen LogP contribution in [0.1, 0.15) is 16.7 Å². The summed E-state index contributed by atoms with van der Waals surface area (Å²) in [6, 6.07) is 19.8. The number of benzene rings is 2. The first kappa shape index (κ1) is 16.2. The fourth-order valence-corrected chi connectivity index (χ4v) is 2.85. The van der Waals surface area contributed by atoms with Crippen molar-refractivity contribution in [3.05, 3.63) is 71.3 Å². The van der Waals surface area contributed by atoms with Gasteiger partial charge >= 0.3 is 0 Å². The van der Waals surface area contributed by atoms with Crippen molar-refractivity contribution in [1.82, 2.24) is 10.2 Å². The summed E-state index contributed by atoms with van der Waals surface area (Å²) in [6.07, 6.45) is 1.71. The molecular weight excluding hydrogens is 413 g/mol. The number of halogens is 1. The summed E-state index contributed by atoms with van der Waals surface area (Å²) >= 11 is 2.31. The molecule has 0 radical (unpaired) electrons. The standard InChI is InChI=1S/C18H14IN5/c19-10-14-8-4-5-9-16(14)22-18-15(11-20)17(23-24-18)21-12-13-6-2-1-3-7-13/h1-9,12H,10H2,(H2,22,23,24)/b21-12+. The number of aromatic amines is 1. The summed E-state index contributed by atoms with van der Waals surface area (Å²) in [5.41, 5.74) is 3.44. The Hall–Kier alpha value is -2.66. The maximum atomic E-state index is 9.46. The van der Waals surface area contributed by atoms with E-state index in [1.165, 1.54) is 0 Å². The first-order chi connectivity index (χ1) is 11.8. The van der Waals surface area contributed by atoms with Gasteiger partial charge in [-0.1, -0.05) is 71.1 Å². The molecule has 24 heavy (non-hydrogen) atoms. The number of nitrogens with one attached hydrogen (secondary N) is 2. The highest BCUT2D eigenvalue weighted by atomic mass is 127. The van der Waals surface area contributed by atoms with E-state index in [9.17, 15) is 5.26 Å². The molecule has 2 aromatic carbocycles. The summed E-state index contributed by atoms with van der Waals surface area (Å²) in [6.45, 7) is 0. The van der Waals surface area contributed by atoms with E-state index in [-0.39, 0.29) is 0 Å². The van der Waals surface area contributed by atoms with E-state index in [0.29, 0.717) is 17.2 Å². The molecule has 0 fully saturated rings. The number of hydrogen-bond acceptors (Lipinski definition) is 4. The predicted octanol–water partition coefficient (Wildman–Crippen LogP) is 4.71. The Labute approximate surface area is 153 Å². The molecule has 0 unspecified atom stereocenters. The van der Waals surface area contributed by atoms with Crippen LogP contribution in [0.4, 0.5) is 17.3 Å². The highest BCUT2D eigenvalue weighted by Crippen LogP contribution is 2.28. The second-order valence-corrected chi connectivity index (χ2v) is 5.76. The summed E-state index contributed by atoms with van der Waals surface area (Å²) in [4.78, 5) is 4.35. The number of nitriles is 1. The lowest BCUT2D eigenvalue weighted by atomic mass is 10.2. The number of alkyl halides is 1. The average Bonchev–Trinajstić information content (AvgIpc) is 3.03. The zero-order valence-corrected chi connectivity index (χ0v) is 14.9. The molecule has 0 aliphatic heterocycles. The number of nitrogens with zero attached hydrogens (tertiary/aromatic N) is 3. The van der Waals surface area contributed by atoms with Gasteiger partial charge in [-0.15, -0.1) is 0 Å². The van der Waals surface area contributed by atoms with Gasteiger partial charge in [0.2, 0.25) is 0 Å². The molecule has 3 rings (SSSR count). The van der Waals surface area contributed by atoms with Crippen LogP contribution < -0.4 is 5.32 Å². The number of hydrogen-bond donors (Lipinski definition) is 2. The Balaban J connectivity index is 1.87. The quantitative estimate of drug-likeness (QED) is 0.352. The molecule has 2 N–H and O–H groups in total. The highest BCUT2D eigenvalue weighted by molar-refractivity contribution is 14.1. The fraction of sp³-hybridized carbons (Fsp3) is 0.0556.